The van der Waals surface area contributed by atoms with Crippen molar-refractivity contribution >= 4 is 12.0 Å². The van der Waals surface area contributed by atoms with E-state index in [9.17, 15) is 10.0 Å². The lowest BCUT2D eigenvalue weighted by Gasteiger charge is -1.97. The zero-order valence-electron chi connectivity index (χ0n) is 7.65. The van der Waals surface area contributed by atoms with Crippen LogP contribution in [0.25, 0.3) is 0 Å². The van der Waals surface area contributed by atoms with Gasteiger partial charge in [0.05, 0.1) is 0 Å². The Hall–Kier alpha value is -1.64. The van der Waals surface area contributed by atoms with Crippen molar-refractivity contribution in [1.29, 1.82) is 0 Å². The van der Waals surface area contributed by atoms with E-state index in [4.69, 9.17) is 0 Å². The van der Waals surface area contributed by atoms with Gasteiger partial charge < -0.3 is 5.21 Å². The second-order valence-electron chi connectivity index (χ2n) is 2.85. The van der Waals surface area contributed by atoms with Crippen LogP contribution in [0.15, 0.2) is 24.3 Å². The second-order valence-corrected chi connectivity index (χ2v) is 2.85. The molecule has 0 amide bonds. The minimum absolute atomic E-state index is 0.0297. The largest absolute Gasteiger partial charge is 0.624 e. The molecule has 0 saturated heterocycles. The zero-order chi connectivity index (χ0) is 9.84. The molecule has 1 aromatic rings. The average Bonchev–Trinajstić information content (AvgIpc) is 2.04. The van der Waals surface area contributed by atoms with Crippen molar-refractivity contribution in [1.82, 2.24) is 0 Å². The molecule has 1 aromatic carbocycles. The van der Waals surface area contributed by atoms with Gasteiger partial charge in [0.25, 0.3) is 0 Å². The van der Waals surface area contributed by atoms with E-state index in [1.165, 1.54) is 20.2 Å². The Morgan fingerprint density at radius 1 is 1.38 bits per heavy atom. The Bertz CT molecular complexity index is 334. The van der Waals surface area contributed by atoms with Gasteiger partial charge in [0, 0.05) is 11.1 Å². The van der Waals surface area contributed by atoms with Gasteiger partial charge in [-0.2, -0.15) is 0 Å². The number of rotatable bonds is 2. The molecule has 0 radical (unpaired) electrons. The van der Waals surface area contributed by atoms with E-state index in [2.05, 4.69) is 0 Å². The summed E-state index contributed by atoms with van der Waals surface area (Å²) in [5, 5.41) is 10.6. The van der Waals surface area contributed by atoms with E-state index >= 15 is 0 Å². The summed E-state index contributed by atoms with van der Waals surface area (Å²) in [4.78, 5) is 10.9. The molecule has 0 atom stereocenters. The third kappa shape index (κ3) is 2.71. The van der Waals surface area contributed by atoms with Gasteiger partial charge in [0.15, 0.2) is 12.0 Å². The molecule has 0 heterocycles. The lowest BCUT2D eigenvalue weighted by molar-refractivity contribution is -0.416. The van der Waals surface area contributed by atoms with Crippen LogP contribution in [0.1, 0.15) is 22.8 Å². The number of carbonyl (C=O) groups excluding carboxylic acids is 1. The smallest absolute Gasteiger partial charge is 0.181 e. The lowest BCUT2D eigenvalue weighted by Crippen LogP contribution is -1.98. The van der Waals surface area contributed by atoms with Crippen LogP contribution in [-0.4, -0.2) is 23.8 Å². The predicted molar refractivity (Wildman–Crippen MR) is 51.2 cm³/mol. The van der Waals surface area contributed by atoms with Crippen molar-refractivity contribution in [2.75, 3.05) is 7.05 Å². The molecular formula is C10H11NO2. The molecule has 0 fully saturated rings. The molecule has 0 aliphatic carbocycles. The van der Waals surface area contributed by atoms with Crippen LogP contribution in [0.3, 0.4) is 0 Å². The first-order chi connectivity index (χ1) is 6.09. The van der Waals surface area contributed by atoms with Crippen LogP contribution < -0.4 is 0 Å². The fourth-order valence-electron chi connectivity index (χ4n) is 1.01. The molecule has 0 unspecified atom stereocenters. The van der Waals surface area contributed by atoms with E-state index in [0.29, 0.717) is 5.56 Å². The molecule has 1 rings (SSSR count). The minimum atomic E-state index is 0.0297. The highest BCUT2D eigenvalue weighted by Crippen LogP contribution is 2.02. The van der Waals surface area contributed by atoms with E-state index in [1.54, 1.807) is 24.3 Å². The average molecular weight is 177 g/mol. The molecular weight excluding hydrogens is 166 g/mol. The maximum Gasteiger partial charge on any atom is 0.181 e. The number of hydroxylamine groups is 1. The molecule has 13 heavy (non-hydrogen) atoms. The van der Waals surface area contributed by atoms with Crippen molar-refractivity contribution < 1.29 is 9.53 Å². The number of nitrogens with zero attached hydrogens (tertiary/aromatic N) is 1. The SMILES string of the molecule is CC(=O)c1ccc(C=[N+](C)[O-])cc1. The molecule has 0 aliphatic heterocycles. The molecule has 68 valence electrons. The minimum Gasteiger partial charge on any atom is -0.624 e. The third-order valence-corrected chi connectivity index (χ3v) is 1.65. The first kappa shape index (κ1) is 9.45. The number of hydrogen-bond donors (Lipinski definition) is 0. The van der Waals surface area contributed by atoms with Crippen LogP contribution >= 0.6 is 0 Å². The lowest BCUT2D eigenvalue weighted by atomic mass is 10.1. The number of benzene rings is 1. The van der Waals surface area contributed by atoms with Crippen LogP contribution in [0.5, 0.6) is 0 Å². The maximum absolute atomic E-state index is 10.9. The Morgan fingerprint density at radius 3 is 2.31 bits per heavy atom. The standard InChI is InChI=1S/C10H11NO2/c1-8(12)10-5-3-9(4-6-10)7-11(2)13/h3-7H,1-2H3. The Morgan fingerprint density at radius 2 is 1.92 bits per heavy atom. The van der Waals surface area contributed by atoms with E-state index in [0.717, 1.165) is 10.3 Å². The van der Waals surface area contributed by atoms with E-state index in [-0.39, 0.29) is 5.78 Å². The first-order valence-corrected chi connectivity index (χ1v) is 3.95. The van der Waals surface area contributed by atoms with E-state index in [1.807, 2.05) is 0 Å². The Labute approximate surface area is 76.9 Å². The Balaban J connectivity index is 2.94. The fraction of sp³-hybridized carbons (Fsp3) is 0.200. The van der Waals surface area contributed by atoms with Crippen molar-refractivity contribution in [2.45, 2.75) is 6.92 Å². The van der Waals surface area contributed by atoms with Gasteiger partial charge in [-0.3, -0.25) is 4.79 Å². The normalized spacial score (nSPS) is 11.4. The molecule has 0 aromatic heterocycles. The van der Waals surface area contributed by atoms with Gasteiger partial charge in [-0.1, -0.05) is 12.1 Å². The summed E-state index contributed by atoms with van der Waals surface area (Å²) in [6.07, 6.45) is 1.45. The molecule has 3 nitrogen and oxygen atoms in total. The first-order valence-electron chi connectivity index (χ1n) is 3.95. The van der Waals surface area contributed by atoms with Gasteiger partial charge in [-0.25, -0.2) is 4.74 Å². The Kier molecular flexibility index (Phi) is 2.80. The van der Waals surface area contributed by atoms with Crippen molar-refractivity contribution in [2.24, 2.45) is 0 Å². The summed E-state index contributed by atoms with van der Waals surface area (Å²) in [7, 11) is 1.42. The quantitative estimate of drug-likeness (QED) is 0.225. The van der Waals surface area contributed by atoms with E-state index < -0.39 is 0 Å². The van der Waals surface area contributed by atoms with Crippen molar-refractivity contribution in [3.63, 3.8) is 0 Å². The summed E-state index contributed by atoms with van der Waals surface area (Å²) in [5.41, 5.74) is 1.45. The molecule has 0 saturated carbocycles. The maximum atomic E-state index is 10.9. The summed E-state index contributed by atoms with van der Waals surface area (Å²) in [6.45, 7) is 1.51. The van der Waals surface area contributed by atoms with Crippen LogP contribution in [0.2, 0.25) is 0 Å². The number of hydrogen-bond acceptors (Lipinski definition) is 2. The number of ketones is 1. The molecule has 3 heteroatoms. The number of carbonyl (C=O) groups is 1. The highest BCUT2D eigenvalue weighted by atomic mass is 16.5. The summed E-state index contributed by atoms with van der Waals surface area (Å²) < 4.78 is 0.725. The van der Waals surface area contributed by atoms with Gasteiger partial charge >= 0.3 is 0 Å². The summed E-state index contributed by atoms with van der Waals surface area (Å²) in [6, 6.07) is 6.89. The van der Waals surface area contributed by atoms with Crippen LogP contribution in [0, 0.1) is 5.21 Å². The van der Waals surface area contributed by atoms with Crippen molar-refractivity contribution in [3.8, 4) is 0 Å². The zero-order valence-corrected chi connectivity index (χ0v) is 7.65. The molecule has 0 N–H and O–H groups in total. The monoisotopic (exact) mass is 177 g/mol. The molecule has 0 aliphatic rings. The highest BCUT2D eigenvalue weighted by molar-refractivity contribution is 5.94. The summed E-state index contributed by atoms with van der Waals surface area (Å²) in [5.74, 6) is 0.0297. The molecule has 0 bridgehead atoms. The molecule has 0 spiro atoms. The van der Waals surface area contributed by atoms with Gasteiger partial charge in [-0.15, -0.1) is 0 Å². The van der Waals surface area contributed by atoms with Gasteiger partial charge in [0.1, 0.15) is 7.05 Å². The topological polar surface area (TPSA) is 43.1 Å². The fourth-order valence-corrected chi connectivity index (χ4v) is 1.01. The van der Waals surface area contributed by atoms with Gasteiger partial charge in [0.2, 0.25) is 0 Å². The number of Topliss-reactive ketones (excluding diaryl/α,β-unsaturated/α-hetero) is 1. The highest BCUT2D eigenvalue weighted by Gasteiger charge is 1.98. The second kappa shape index (κ2) is 3.85. The van der Waals surface area contributed by atoms with Crippen LogP contribution in [-0.2, 0) is 0 Å². The van der Waals surface area contributed by atoms with Crippen molar-refractivity contribution in [3.05, 3.63) is 40.6 Å². The third-order valence-electron chi connectivity index (χ3n) is 1.65. The summed E-state index contributed by atoms with van der Waals surface area (Å²) >= 11 is 0. The predicted octanol–water partition coefficient (Wildman–Crippen LogP) is 1.45. The van der Waals surface area contributed by atoms with Gasteiger partial charge in [-0.05, 0) is 19.1 Å². The van der Waals surface area contributed by atoms with Crippen LogP contribution in [0.4, 0.5) is 0 Å².